The van der Waals surface area contributed by atoms with Gasteiger partial charge in [-0.15, -0.1) is 11.8 Å². The van der Waals surface area contributed by atoms with Gasteiger partial charge < -0.3 is 4.74 Å². The predicted octanol–water partition coefficient (Wildman–Crippen LogP) is 7.13. The Labute approximate surface area is 170 Å². The highest BCUT2D eigenvalue weighted by Gasteiger charge is 2.20. The molecule has 0 unspecified atom stereocenters. The van der Waals surface area contributed by atoms with E-state index in [1.54, 1.807) is 0 Å². The molecular weight excluding hydrogens is 340 g/mol. The van der Waals surface area contributed by atoms with E-state index in [4.69, 9.17) is 4.74 Å². The maximum atomic E-state index is 5.67. The number of benzene rings is 2. The van der Waals surface area contributed by atoms with E-state index in [1.807, 2.05) is 6.92 Å². The van der Waals surface area contributed by atoms with E-state index in [2.05, 4.69) is 79.4 Å². The molecule has 0 heterocycles. The number of allylic oxidation sites excluding steroid dienone is 2. The van der Waals surface area contributed by atoms with Gasteiger partial charge in [0, 0.05) is 6.42 Å². The van der Waals surface area contributed by atoms with Crippen molar-refractivity contribution in [3.8, 4) is 23.0 Å². The zero-order valence-electron chi connectivity index (χ0n) is 17.3. The molecule has 0 aromatic heterocycles. The summed E-state index contributed by atoms with van der Waals surface area (Å²) in [5.41, 5.74) is 5.27. The predicted molar refractivity (Wildman–Crippen MR) is 119 cm³/mol. The van der Waals surface area contributed by atoms with E-state index in [9.17, 15) is 0 Å². The molecule has 1 heteroatoms. The lowest BCUT2D eigenvalue weighted by Crippen LogP contribution is -2.11. The summed E-state index contributed by atoms with van der Waals surface area (Å²) in [7, 11) is 0. The van der Waals surface area contributed by atoms with Gasteiger partial charge in [0.1, 0.15) is 0 Å². The molecule has 0 aliphatic heterocycles. The summed E-state index contributed by atoms with van der Waals surface area (Å²) in [6.45, 7) is 5.34. The highest BCUT2D eigenvalue weighted by atomic mass is 16.5. The normalized spacial score (nSPS) is 19.4. The van der Waals surface area contributed by atoms with Gasteiger partial charge in [-0.2, -0.15) is 0 Å². The van der Waals surface area contributed by atoms with Gasteiger partial charge in [0.15, 0.2) is 0 Å². The van der Waals surface area contributed by atoms with E-state index in [1.165, 1.54) is 47.9 Å². The van der Waals surface area contributed by atoms with Gasteiger partial charge in [0.05, 0.1) is 13.2 Å². The van der Waals surface area contributed by atoms with Gasteiger partial charge in [0.2, 0.25) is 0 Å². The average molecular weight is 373 g/mol. The van der Waals surface area contributed by atoms with Gasteiger partial charge in [-0.3, -0.25) is 0 Å². The Bertz CT molecular complexity index is 794. The largest absolute Gasteiger partial charge is 0.376 e. The first-order valence-corrected chi connectivity index (χ1v) is 10.6. The lowest BCUT2D eigenvalue weighted by molar-refractivity contribution is 0.126. The maximum absolute atomic E-state index is 5.67. The van der Waals surface area contributed by atoms with Gasteiger partial charge in [-0.25, -0.2) is 0 Å². The van der Waals surface area contributed by atoms with Crippen LogP contribution in [0.4, 0.5) is 0 Å². The van der Waals surface area contributed by atoms with Crippen LogP contribution in [0.25, 0.3) is 11.1 Å². The summed E-state index contributed by atoms with van der Waals surface area (Å²) < 4.78 is 5.67. The van der Waals surface area contributed by atoms with Crippen molar-refractivity contribution >= 4 is 0 Å². The molecule has 0 atom stereocenters. The van der Waals surface area contributed by atoms with Crippen LogP contribution in [0, 0.1) is 17.8 Å². The van der Waals surface area contributed by atoms with E-state index < -0.39 is 0 Å². The van der Waals surface area contributed by atoms with Crippen molar-refractivity contribution in [1.29, 1.82) is 0 Å². The number of hydrogen-bond acceptors (Lipinski definition) is 1. The average Bonchev–Trinajstić information content (AvgIpc) is 2.75. The Morgan fingerprint density at radius 1 is 0.929 bits per heavy atom. The number of rotatable bonds is 7. The van der Waals surface area contributed by atoms with Gasteiger partial charge in [-0.05, 0) is 73.6 Å². The molecule has 146 valence electrons. The van der Waals surface area contributed by atoms with Crippen LogP contribution in [-0.2, 0) is 11.3 Å². The first kappa shape index (κ1) is 20.4. The molecule has 0 spiro atoms. The Morgan fingerprint density at radius 3 is 2.18 bits per heavy atom. The monoisotopic (exact) mass is 372 g/mol. The summed E-state index contributed by atoms with van der Waals surface area (Å²) in [5.74, 6) is 7.44. The van der Waals surface area contributed by atoms with Crippen LogP contribution in [0.2, 0.25) is 0 Å². The molecular formula is C27H32O. The van der Waals surface area contributed by atoms with Crippen molar-refractivity contribution in [2.45, 2.75) is 58.5 Å². The maximum Gasteiger partial charge on any atom is 0.0717 e. The van der Waals surface area contributed by atoms with Crippen LogP contribution < -0.4 is 0 Å². The Hall–Kier alpha value is -2.30. The van der Waals surface area contributed by atoms with E-state index >= 15 is 0 Å². The second-order valence-corrected chi connectivity index (χ2v) is 7.69. The third-order valence-electron chi connectivity index (χ3n) is 5.72. The van der Waals surface area contributed by atoms with Crippen LogP contribution in [0.1, 0.15) is 63.0 Å². The van der Waals surface area contributed by atoms with Crippen molar-refractivity contribution in [2.75, 3.05) is 6.61 Å². The molecule has 0 saturated heterocycles. The third kappa shape index (κ3) is 5.85. The minimum Gasteiger partial charge on any atom is -0.376 e. The fourth-order valence-electron chi connectivity index (χ4n) is 4.10. The zero-order valence-corrected chi connectivity index (χ0v) is 17.3. The van der Waals surface area contributed by atoms with Crippen LogP contribution in [0.15, 0.2) is 60.7 Å². The zero-order chi connectivity index (χ0) is 19.6. The van der Waals surface area contributed by atoms with Crippen molar-refractivity contribution in [1.82, 2.24) is 0 Å². The first-order chi connectivity index (χ1) is 13.8. The second-order valence-electron chi connectivity index (χ2n) is 7.69. The molecule has 28 heavy (non-hydrogen) atoms. The Kier molecular flexibility index (Phi) is 7.94. The molecule has 1 fully saturated rings. The van der Waals surface area contributed by atoms with Crippen molar-refractivity contribution in [2.24, 2.45) is 5.92 Å². The van der Waals surface area contributed by atoms with Crippen LogP contribution in [0.3, 0.4) is 0 Å². The summed E-state index contributed by atoms with van der Waals surface area (Å²) in [6.07, 6.45) is 10.7. The molecule has 1 nitrogen and oxygen atoms in total. The van der Waals surface area contributed by atoms with E-state index in [-0.39, 0.29) is 0 Å². The first-order valence-electron chi connectivity index (χ1n) is 10.6. The summed E-state index contributed by atoms with van der Waals surface area (Å²) in [6, 6.07) is 18.0. The quantitative estimate of drug-likeness (QED) is 0.285. The molecule has 1 saturated carbocycles. The van der Waals surface area contributed by atoms with E-state index in [0.29, 0.717) is 13.2 Å². The lowest BCUT2D eigenvalue weighted by atomic mass is 9.78. The highest BCUT2D eigenvalue weighted by molar-refractivity contribution is 5.64. The minimum atomic E-state index is 0.653. The van der Waals surface area contributed by atoms with Gasteiger partial charge >= 0.3 is 0 Å². The molecule has 0 amide bonds. The Morgan fingerprint density at radius 2 is 1.57 bits per heavy atom. The molecule has 2 aromatic rings. The Balaban J connectivity index is 1.54. The molecule has 0 N–H and O–H groups in total. The fourth-order valence-corrected chi connectivity index (χ4v) is 4.10. The van der Waals surface area contributed by atoms with Crippen molar-refractivity contribution in [3.05, 3.63) is 71.8 Å². The van der Waals surface area contributed by atoms with Crippen molar-refractivity contribution < 1.29 is 4.74 Å². The van der Waals surface area contributed by atoms with Crippen LogP contribution in [0.5, 0.6) is 0 Å². The number of ether oxygens (including phenoxy) is 1. The highest BCUT2D eigenvalue weighted by Crippen LogP contribution is 2.36. The molecule has 0 radical (unpaired) electrons. The van der Waals surface area contributed by atoms with E-state index in [0.717, 1.165) is 18.3 Å². The molecule has 3 rings (SSSR count). The van der Waals surface area contributed by atoms with Crippen LogP contribution in [-0.4, -0.2) is 6.61 Å². The third-order valence-corrected chi connectivity index (χ3v) is 5.72. The fraction of sp³-hybridized carbons (Fsp3) is 0.407. The molecule has 1 aliphatic carbocycles. The molecule has 1 aliphatic rings. The molecule has 0 bridgehead atoms. The minimum absolute atomic E-state index is 0.653. The molecule has 2 aromatic carbocycles. The number of hydrogen-bond donors (Lipinski definition) is 0. The van der Waals surface area contributed by atoms with Crippen molar-refractivity contribution in [3.63, 3.8) is 0 Å². The second kappa shape index (κ2) is 10.9. The lowest BCUT2D eigenvalue weighted by Gasteiger charge is -2.27. The van der Waals surface area contributed by atoms with Crippen LogP contribution >= 0.6 is 0 Å². The standard InChI is InChI=1S/C27H32O/c1-3-5-6-20-28-21-23-10-14-25(15-11-23)27-18-16-26(17-19-27)24-12-8-22(7-4-2)9-13-24/h4,7,10-11,14-19,22,24H,6,8-9,12-13,20-21H2,1-2H3/t22-,24-. The smallest absolute Gasteiger partial charge is 0.0717 e. The SMILES string of the molecule is CC#CCCOCc1ccc(-c2ccc([C@H]3CC[C@H](C=CC)CC3)cc2)cc1. The topological polar surface area (TPSA) is 9.23 Å². The van der Waals surface area contributed by atoms with Gasteiger partial charge in [0.25, 0.3) is 0 Å². The summed E-state index contributed by atoms with van der Waals surface area (Å²) in [4.78, 5) is 0. The summed E-state index contributed by atoms with van der Waals surface area (Å²) in [5, 5.41) is 0. The van der Waals surface area contributed by atoms with Gasteiger partial charge in [-0.1, -0.05) is 60.7 Å². The summed E-state index contributed by atoms with van der Waals surface area (Å²) >= 11 is 0.